The van der Waals surface area contributed by atoms with Gasteiger partial charge in [-0.25, -0.2) is 0 Å². The summed E-state index contributed by atoms with van der Waals surface area (Å²) < 4.78 is 0. The lowest BCUT2D eigenvalue weighted by Gasteiger charge is -2.24. The lowest BCUT2D eigenvalue weighted by atomic mass is 10.1. The van der Waals surface area contributed by atoms with Crippen molar-refractivity contribution in [2.45, 2.75) is 25.8 Å². The van der Waals surface area contributed by atoms with Crippen molar-refractivity contribution in [2.75, 3.05) is 11.4 Å². The summed E-state index contributed by atoms with van der Waals surface area (Å²) in [7, 11) is 0. The summed E-state index contributed by atoms with van der Waals surface area (Å²) in [6.07, 6.45) is 4.11. The smallest absolute Gasteiger partial charge is 0.151 e. The Hall–Kier alpha value is -1.91. The van der Waals surface area contributed by atoms with Gasteiger partial charge in [-0.15, -0.1) is 5.10 Å². The van der Waals surface area contributed by atoms with E-state index >= 15 is 0 Å². The standard InChI is InChI=1S/C12H15N5/c1-9-4-5-12(16-14-9)17-8-2-3-11(17)10-6-7-13-15-10/h4-7,11H,2-3,8H2,1H3,(H,13,15)/t11-/m1/s1. The number of rotatable bonds is 2. The third kappa shape index (κ3) is 1.88. The first-order valence-corrected chi connectivity index (χ1v) is 5.91. The maximum atomic E-state index is 4.26. The van der Waals surface area contributed by atoms with Crippen molar-refractivity contribution < 1.29 is 0 Å². The van der Waals surface area contributed by atoms with E-state index in [2.05, 4.69) is 25.3 Å². The number of hydrogen-bond acceptors (Lipinski definition) is 4. The third-order valence-electron chi connectivity index (χ3n) is 3.21. The Balaban J connectivity index is 1.89. The van der Waals surface area contributed by atoms with Crippen LogP contribution in [0.25, 0.3) is 0 Å². The van der Waals surface area contributed by atoms with Crippen molar-refractivity contribution in [1.29, 1.82) is 0 Å². The molecule has 1 N–H and O–H groups in total. The van der Waals surface area contributed by atoms with E-state index in [-0.39, 0.29) is 0 Å². The molecular formula is C12H15N5. The minimum absolute atomic E-state index is 0.356. The van der Waals surface area contributed by atoms with E-state index in [0.29, 0.717) is 6.04 Å². The minimum Gasteiger partial charge on any atom is -0.347 e. The van der Waals surface area contributed by atoms with E-state index in [1.807, 2.05) is 25.1 Å². The Morgan fingerprint density at radius 3 is 2.94 bits per heavy atom. The number of anilines is 1. The van der Waals surface area contributed by atoms with Crippen molar-refractivity contribution in [1.82, 2.24) is 20.4 Å². The Morgan fingerprint density at radius 2 is 2.24 bits per heavy atom. The van der Waals surface area contributed by atoms with Crippen LogP contribution >= 0.6 is 0 Å². The SMILES string of the molecule is Cc1ccc(N2CCC[C@@H]2c2ccn[nH]2)nn1. The molecule has 1 atom stereocenters. The van der Waals surface area contributed by atoms with Gasteiger partial charge < -0.3 is 4.90 Å². The first kappa shape index (κ1) is 10.3. The van der Waals surface area contributed by atoms with Gasteiger partial charge in [0.25, 0.3) is 0 Å². The first-order chi connectivity index (χ1) is 8.34. The summed E-state index contributed by atoms with van der Waals surface area (Å²) in [5.41, 5.74) is 2.11. The van der Waals surface area contributed by atoms with E-state index in [1.165, 1.54) is 6.42 Å². The van der Waals surface area contributed by atoms with Gasteiger partial charge in [0.2, 0.25) is 0 Å². The van der Waals surface area contributed by atoms with Crippen molar-refractivity contribution in [2.24, 2.45) is 0 Å². The number of nitrogens with zero attached hydrogens (tertiary/aromatic N) is 4. The molecule has 0 radical (unpaired) electrons. The summed E-state index contributed by atoms with van der Waals surface area (Å²) in [6.45, 7) is 2.98. The maximum Gasteiger partial charge on any atom is 0.151 e. The highest BCUT2D eigenvalue weighted by atomic mass is 15.3. The zero-order chi connectivity index (χ0) is 11.7. The number of aromatic nitrogens is 4. The molecule has 0 spiro atoms. The van der Waals surface area contributed by atoms with Crippen molar-refractivity contribution in [3.63, 3.8) is 0 Å². The minimum atomic E-state index is 0.356. The maximum absolute atomic E-state index is 4.26. The van der Waals surface area contributed by atoms with Gasteiger partial charge >= 0.3 is 0 Å². The first-order valence-electron chi connectivity index (χ1n) is 5.91. The van der Waals surface area contributed by atoms with Crippen molar-refractivity contribution >= 4 is 5.82 Å². The molecule has 1 aliphatic heterocycles. The monoisotopic (exact) mass is 229 g/mol. The molecule has 88 valence electrons. The molecule has 2 aromatic rings. The quantitative estimate of drug-likeness (QED) is 0.853. The summed E-state index contributed by atoms with van der Waals surface area (Å²) in [6, 6.07) is 6.43. The summed E-state index contributed by atoms with van der Waals surface area (Å²) in [5.74, 6) is 0.952. The van der Waals surface area contributed by atoms with Gasteiger partial charge in [-0.1, -0.05) is 0 Å². The normalized spacial score (nSPS) is 19.8. The fourth-order valence-corrected chi connectivity index (χ4v) is 2.36. The average Bonchev–Trinajstić information content (AvgIpc) is 3.00. The number of aromatic amines is 1. The van der Waals surface area contributed by atoms with Crippen molar-refractivity contribution in [3.8, 4) is 0 Å². The van der Waals surface area contributed by atoms with E-state index in [0.717, 1.165) is 30.2 Å². The second-order valence-electron chi connectivity index (χ2n) is 4.40. The van der Waals surface area contributed by atoms with Gasteiger partial charge in [-0.2, -0.15) is 10.2 Å². The zero-order valence-electron chi connectivity index (χ0n) is 9.80. The van der Waals surface area contributed by atoms with Crippen LogP contribution in [0.3, 0.4) is 0 Å². The van der Waals surface area contributed by atoms with Gasteiger partial charge in [0, 0.05) is 12.7 Å². The number of hydrogen-bond donors (Lipinski definition) is 1. The van der Waals surface area contributed by atoms with Crippen LogP contribution in [0, 0.1) is 6.92 Å². The zero-order valence-corrected chi connectivity index (χ0v) is 9.80. The molecule has 1 fully saturated rings. The van der Waals surface area contributed by atoms with Gasteiger partial charge in [0.15, 0.2) is 5.82 Å². The molecule has 0 aromatic carbocycles. The molecule has 0 unspecified atom stereocenters. The molecule has 5 heteroatoms. The molecule has 0 saturated carbocycles. The van der Waals surface area contributed by atoms with E-state index in [1.54, 1.807) is 6.20 Å². The Morgan fingerprint density at radius 1 is 1.29 bits per heavy atom. The predicted molar refractivity (Wildman–Crippen MR) is 64.7 cm³/mol. The molecule has 0 amide bonds. The van der Waals surface area contributed by atoms with E-state index < -0.39 is 0 Å². The molecule has 3 heterocycles. The molecule has 17 heavy (non-hydrogen) atoms. The molecule has 5 nitrogen and oxygen atoms in total. The predicted octanol–water partition coefficient (Wildman–Crippen LogP) is 1.85. The topological polar surface area (TPSA) is 57.7 Å². The molecule has 0 aliphatic carbocycles. The summed E-state index contributed by atoms with van der Waals surface area (Å²) >= 11 is 0. The van der Waals surface area contributed by atoms with Gasteiger partial charge in [0.1, 0.15) is 0 Å². The van der Waals surface area contributed by atoms with Crippen LogP contribution in [-0.2, 0) is 0 Å². The van der Waals surface area contributed by atoms with Crippen LogP contribution in [0.2, 0.25) is 0 Å². The second kappa shape index (κ2) is 4.16. The summed E-state index contributed by atoms with van der Waals surface area (Å²) in [5, 5.41) is 15.5. The fraction of sp³-hybridized carbons (Fsp3) is 0.417. The van der Waals surface area contributed by atoms with E-state index in [4.69, 9.17) is 0 Å². The molecule has 2 aromatic heterocycles. The van der Waals surface area contributed by atoms with Crippen LogP contribution in [0.4, 0.5) is 5.82 Å². The lowest BCUT2D eigenvalue weighted by Crippen LogP contribution is -2.24. The largest absolute Gasteiger partial charge is 0.347 e. The number of aryl methyl sites for hydroxylation is 1. The average molecular weight is 229 g/mol. The second-order valence-corrected chi connectivity index (χ2v) is 4.40. The fourth-order valence-electron chi connectivity index (χ4n) is 2.36. The van der Waals surface area contributed by atoms with Crippen LogP contribution in [0.15, 0.2) is 24.4 Å². The Kier molecular flexibility index (Phi) is 2.51. The molecule has 0 bridgehead atoms. The number of H-pyrrole nitrogens is 1. The van der Waals surface area contributed by atoms with Crippen molar-refractivity contribution in [3.05, 3.63) is 35.8 Å². The molecule has 1 saturated heterocycles. The molecule has 3 rings (SSSR count). The third-order valence-corrected chi connectivity index (χ3v) is 3.21. The Labute approximate surface area is 99.9 Å². The molecule has 1 aliphatic rings. The van der Waals surface area contributed by atoms with Gasteiger partial charge in [0.05, 0.1) is 17.4 Å². The molecular weight excluding hydrogens is 214 g/mol. The van der Waals surface area contributed by atoms with Gasteiger partial charge in [-0.3, -0.25) is 5.10 Å². The van der Waals surface area contributed by atoms with Crippen LogP contribution in [-0.4, -0.2) is 26.9 Å². The van der Waals surface area contributed by atoms with Crippen LogP contribution < -0.4 is 4.90 Å². The highest BCUT2D eigenvalue weighted by Gasteiger charge is 2.28. The lowest BCUT2D eigenvalue weighted by molar-refractivity contribution is 0.678. The van der Waals surface area contributed by atoms with Crippen LogP contribution in [0.5, 0.6) is 0 Å². The Bertz CT molecular complexity index is 476. The van der Waals surface area contributed by atoms with E-state index in [9.17, 15) is 0 Å². The van der Waals surface area contributed by atoms with Gasteiger partial charge in [-0.05, 0) is 38.0 Å². The number of nitrogens with one attached hydrogen (secondary N) is 1. The summed E-state index contributed by atoms with van der Waals surface area (Å²) in [4.78, 5) is 2.29. The van der Waals surface area contributed by atoms with Crippen LogP contribution in [0.1, 0.15) is 30.3 Å². The highest BCUT2D eigenvalue weighted by molar-refractivity contribution is 5.41. The highest BCUT2D eigenvalue weighted by Crippen LogP contribution is 2.33.